The third kappa shape index (κ3) is 9.90. The van der Waals surface area contributed by atoms with E-state index in [1.165, 1.54) is 27.2 Å². The van der Waals surface area contributed by atoms with Crippen molar-refractivity contribution in [1.29, 1.82) is 0 Å². The first kappa shape index (κ1) is 45.3. The van der Waals surface area contributed by atoms with Gasteiger partial charge in [0.1, 0.15) is 11.7 Å². The largest absolute Gasteiger partial charge is 0.403 e. The number of piperidine rings is 1. The molecule has 3 aliphatic rings. The van der Waals surface area contributed by atoms with Gasteiger partial charge in [0.05, 0.1) is 16.9 Å². The summed E-state index contributed by atoms with van der Waals surface area (Å²) in [7, 11) is 6.81. The molecule has 0 aliphatic carbocycles. The maximum absolute atomic E-state index is 16.6. The fourth-order valence-electron chi connectivity index (χ4n) is 8.76. The van der Waals surface area contributed by atoms with Crippen molar-refractivity contribution < 1.29 is 28.4 Å². The number of likely N-dealkylation sites (N-methyl/N-ethyl adjacent to an activating group) is 1. The molecule has 0 spiro atoms. The highest BCUT2D eigenvalue weighted by Gasteiger charge is 2.32. The summed E-state index contributed by atoms with van der Waals surface area (Å²) in [5.74, 6) is 4.43. The Morgan fingerprint density at radius 1 is 0.938 bits per heavy atom. The molecule has 0 saturated carbocycles. The van der Waals surface area contributed by atoms with E-state index in [9.17, 15) is 24.0 Å². The van der Waals surface area contributed by atoms with Gasteiger partial charge < -0.3 is 40.2 Å². The molecule has 3 aliphatic heterocycles. The zero-order valence-electron chi connectivity index (χ0n) is 37.0. The minimum atomic E-state index is -0.509. The van der Waals surface area contributed by atoms with Crippen LogP contribution in [0.15, 0.2) is 73.1 Å². The number of halogens is 1. The molecule has 0 radical (unpaired) electrons. The van der Waals surface area contributed by atoms with Crippen molar-refractivity contribution in [3.05, 3.63) is 95.7 Å². The van der Waals surface area contributed by atoms with Crippen molar-refractivity contribution >= 4 is 63.6 Å². The lowest BCUT2D eigenvalue weighted by Crippen LogP contribution is -2.51. The molecule has 6 N–H and O–H groups in total. The summed E-state index contributed by atoms with van der Waals surface area (Å²) in [6.45, 7) is 5.23. The molecule has 4 heterocycles. The number of carbonyl (C=O) groups excluding carboxylic acids is 5. The molecule has 1 atom stereocenters. The van der Waals surface area contributed by atoms with Crippen LogP contribution in [0.5, 0.6) is 0 Å². The number of aromatic amines is 1. The van der Waals surface area contributed by atoms with Crippen LogP contribution in [-0.4, -0.2) is 141 Å². The van der Waals surface area contributed by atoms with Crippen molar-refractivity contribution in [3.8, 4) is 11.1 Å². The Morgan fingerprint density at radius 2 is 1.69 bits per heavy atom. The topological polar surface area (TPSA) is 188 Å². The molecule has 2 saturated heterocycles. The van der Waals surface area contributed by atoms with E-state index < -0.39 is 11.9 Å². The predicted octanol–water partition coefficient (Wildman–Crippen LogP) is 3.49. The Kier molecular flexibility index (Phi) is 14.0. The first-order valence-electron chi connectivity index (χ1n) is 21.6. The van der Waals surface area contributed by atoms with Crippen LogP contribution in [0.4, 0.5) is 21.5 Å². The van der Waals surface area contributed by atoms with Gasteiger partial charge in [0.2, 0.25) is 24.1 Å². The molecule has 16 nitrogen and oxygen atoms in total. The normalized spacial score (nSPS) is 17.1. The Morgan fingerprint density at radius 3 is 2.38 bits per heavy atom. The SMILES string of the molecule is CN(C)C(=O)c1cc2c(-c3ccc(N4CCN(CCc5ccc(N(C)C6CCC(=O)NC6=O)c(N(C)C=O)c5)CC4)cc3)cc(C3=CCCN(C(=O)CCN(N)/C=C\N)C3)c(F)c2[nH]1. The maximum Gasteiger partial charge on any atom is 0.269 e. The van der Waals surface area contributed by atoms with Crippen molar-refractivity contribution in [3.63, 3.8) is 0 Å². The zero-order valence-corrected chi connectivity index (χ0v) is 37.0. The molecular weight excluding hydrogens is 818 g/mol. The number of hydrogen-bond acceptors (Lipinski definition) is 11. The second kappa shape index (κ2) is 19.8. The molecule has 3 aromatic carbocycles. The number of benzene rings is 3. The van der Waals surface area contributed by atoms with Crippen molar-refractivity contribution in [2.45, 2.75) is 38.1 Å². The number of anilines is 3. The Balaban J connectivity index is 1.04. The molecule has 1 unspecified atom stereocenters. The number of carbonyl (C=O) groups is 5. The number of rotatable bonds is 15. The summed E-state index contributed by atoms with van der Waals surface area (Å²) >= 11 is 0. The number of hydrazine groups is 1. The van der Waals surface area contributed by atoms with Gasteiger partial charge in [-0.15, -0.1) is 0 Å². The molecular formula is C47H58FN11O5. The van der Waals surface area contributed by atoms with E-state index >= 15 is 4.39 Å². The number of piperazine rings is 1. The number of imide groups is 1. The van der Waals surface area contributed by atoms with Crippen molar-refractivity contribution in [1.82, 2.24) is 30.0 Å². The van der Waals surface area contributed by atoms with Crippen LogP contribution in [0.25, 0.3) is 27.6 Å². The number of hydrogen-bond donors (Lipinski definition) is 4. The van der Waals surface area contributed by atoms with Gasteiger partial charge in [-0.1, -0.05) is 24.3 Å². The highest BCUT2D eigenvalue weighted by Crippen LogP contribution is 2.38. The second-order valence-corrected chi connectivity index (χ2v) is 16.9. The average molecular weight is 876 g/mol. The molecule has 2 fully saturated rings. The van der Waals surface area contributed by atoms with Gasteiger partial charge in [-0.2, -0.15) is 0 Å². The molecule has 1 aromatic heterocycles. The third-order valence-corrected chi connectivity index (χ3v) is 12.5. The van der Waals surface area contributed by atoms with Gasteiger partial charge in [0.25, 0.3) is 5.91 Å². The highest BCUT2D eigenvalue weighted by atomic mass is 19.1. The summed E-state index contributed by atoms with van der Waals surface area (Å²) in [6.07, 6.45) is 7.73. The molecule has 0 bridgehead atoms. The lowest BCUT2D eigenvalue weighted by Gasteiger charge is -2.36. The number of H-pyrrole nitrogens is 1. The van der Waals surface area contributed by atoms with Gasteiger partial charge in [0.15, 0.2) is 5.82 Å². The fourth-order valence-corrected chi connectivity index (χ4v) is 8.76. The minimum Gasteiger partial charge on any atom is -0.403 e. The summed E-state index contributed by atoms with van der Waals surface area (Å²) in [5.41, 5.74) is 12.2. The molecule has 5 amide bonds. The van der Waals surface area contributed by atoms with Crippen LogP contribution in [-0.2, 0) is 25.6 Å². The quantitative estimate of drug-likeness (QED) is 0.0593. The Labute approximate surface area is 372 Å². The van der Waals surface area contributed by atoms with Gasteiger partial charge in [-0.05, 0) is 77.9 Å². The Hall–Kier alpha value is -6.72. The molecule has 338 valence electrons. The van der Waals surface area contributed by atoms with Crippen LogP contribution in [0.1, 0.15) is 47.3 Å². The van der Waals surface area contributed by atoms with Crippen molar-refractivity contribution in [2.24, 2.45) is 11.6 Å². The number of nitrogens with one attached hydrogen (secondary N) is 2. The minimum absolute atomic E-state index is 0.0932. The van der Waals surface area contributed by atoms with Crippen molar-refractivity contribution in [2.75, 3.05) is 95.2 Å². The molecule has 17 heteroatoms. The van der Waals surface area contributed by atoms with Crippen LogP contribution < -0.4 is 31.6 Å². The fraction of sp³-hybridized carbons (Fsp3) is 0.383. The van der Waals surface area contributed by atoms with E-state index in [1.54, 1.807) is 32.1 Å². The summed E-state index contributed by atoms with van der Waals surface area (Å²) in [4.78, 5) is 76.9. The van der Waals surface area contributed by atoms with Gasteiger partial charge in [-0.3, -0.25) is 34.2 Å². The smallest absolute Gasteiger partial charge is 0.269 e. The molecule has 7 rings (SSSR count). The van der Waals surface area contributed by atoms with E-state index in [0.29, 0.717) is 41.6 Å². The van der Waals surface area contributed by atoms with Crippen LogP contribution in [0, 0.1) is 5.82 Å². The van der Waals surface area contributed by atoms with E-state index in [1.807, 2.05) is 54.4 Å². The number of amides is 5. The molecule has 64 heavy (non-hydrogen) atoms. The first-order valence-corrected chi connectivity index (χ1v) is 21.6. The van der Waals surface area contributed by atoms with Gasteiger partial charge in [0, 0.05) is 122 Å². The maximum atomic E-state index is 16.6. The summed E-state index contributed by atoms with van der Waals surface area (Å²) in [5, 5.41) is 4.36. The number of aromatic nitrogens is 1. The lowest BCUT2D eigenvalue weighted by atomic mass is 9.93. The third-order valence-electron chi connectivity index (χ3n) is 12.5. The van der Waals surface area contributed by atoms with Crippen LogP contribution in [0.3, 0.4) is 0 Å². The lowest BCUT2D eigenvalue weighted by molar-refractivity contribution is -0.134. The number of fused-ring (bicyclic) bond motifs is 1. The average Bonchev–Trinajstić information content (AvgIpc) is 3.76. The Bertz CT molecular complexity index is 2460. The van der Waals surface area contributed by atoms with Crippen LogP contribution in [0.2, 0.25) is 0 Å². The number of nitrogens with zero attached hydrogens (tertiary/aromatic N) is 7. The first-order chi connectivity index (χ1) is 30.8. The zero-order chi connectivity index (χ0) is 45.7. The monoisotopic (exact) mass is 875 g/mol. The van der Waals surface area contributed by atoms with Gasteiger partial charge >= 0.3 is 0 Å². The summed E-state index contributed by atoms with van der Waals surface area (Å²) in [6, 6.07) is 17.2. The standard InChI is InChI=1S/C47H58FN11O5/c1-53(2)47(64)38-28-37-35(27-36(44(48)45(37)51-38)33-6-5-18-58(29-33)43(62)16-20-59(50)21-17-49)32-8-10-34(11-9-32)57-24-22-56(23-25-57)19-15-31-7-12-39(41(26-31)54(3)30-60)55(4)40-13-14-42(61)52-46(40)63/h6-12,17,21,26-28,30,40,51H,5,13-16,18-20,22-25,29,49-50H2,1-4H3,(H,52,61,63)/b21-17-. The molecule has 4 aromatic rings. The highest BCUT2D eigenvalue weighted by molar-refractivity contribution is 6.05. The second-order valence-electron chi connectivity index (χ2n) is 16.9. The number of nitrogens with two attached hydrogens (primary N) is 2. The van der Waals surface area contributed by atoms with Gasteiger partial charge in [-0.25, -0.2) is 10.2 Å². The predicted molar refractivity (Wildman–Crippen MR) is 248 cm³/mol. The van der Waals surface area contributed by atoms with Crippen LogP contribution >= 0.6 is 0 Å². The van der Waals surface area contributed by atoms with E-state index in [2.05, 4.69) is 32.2 Å². The van der Waals surface area contributed by atoms with E-state index in [4.69, 9.17) is 11.6 Å². The summed E-state index contributed by atoms with van der Waals surface area (Å²) < 4.78 is 16.6. The van der Waals surface area contributed by atoms with E-state index in [-0.39, 0.29) is 60.8 Å². The van der Waals surface area contributed by atoms with E-state index in [0.717, 1.165) is 73.6 Å².